The average molecular weight is 222 g/mol. The van der Waals surface area contributed by atoms with Gasteiger partial charge < -0.3 is 4.90 Å². The van der Waals surface area contributed by atoms with Crippen molar-refractivity contribution < 1.29 is 4.79 Å². The van der Waals surface area contributed by atoms with E-state index in [1.165, 1.54) is 0 Å². The van der Waals surface area contributed by atoms with Crippen LogP contribution < -0.4 is 4.90 Å². The second-order valence-electron chi connectivity index (χ2n) is 3.57. The summed E-state index contributed by atoms with van der Waals surface area (Å²) in [6, 6.07) is 5.41. The standard InChI is InChI=1S/C12H12ClNO/c1-2-6-14-7-5-12(15)10-4-3-9(13)8-11(10)14/h2-4,8H,1,5-7H2. The zero-order valence-corrected chi connectivity index (χ0v) is 9.13. The highest BCUT2D eigenvalue weighted by atomic mass is 35.5. The minimum Gasteiger partial charge on any atom is -0.367 e. The average Bonchev–Trinajstić information content (AvgIpc) is 2.22. The van der Waals surface area contributed by atoms with Crippen molar-refractivity contribution >= 4 is 23.1 Å². The first kappa shape index (κ1) is 10.2. The Labute approximate surface area is 94.2 Å². The van der Waals surface area contributed by atoms with E-state index in [0.29, 0.717) is 11.4 Å². The largest absolute Gasteiger partial charge is 0.367 e. The van der Waals surface area contributed by atoms with Gasteiger partial charge in [-0.3, -0.25) is 4.79 Å². The predicted octanol–water partition coefficient (Wildman–Crippen LogP) is 2.92. The molecular formula is C12H12ClNO. The molecule has 0 unspecified atom stereocenters. The monoisotopic (exact) mass is 221 g/mol. The van der Waals surface area contributed by atoms with Gasteiger partial charge in [0.05, 0.1) is 0 Å². The zero-order chi connectivity index (χ0) is 10.8. The molecule has 0 fully saturated rings. The van der Waals surface area contributed by atoms with Crippen LogP contribution in [0.5, 0.6) is 0 Å². The summed E-state index contributed by atoms with van der Waals surface area (Å²) in [6.45, 7) is 5.21. The fourth-order valence-corrected chi connectivity index (χ4v) is 2.01. The van der Waals surface area contributed by atoms with Gasteiger partial charge in [-0.2, -0.15) is 0 Å². The van der Waals surface area contributed by atoms with Crippen molar-refractivity contribution in [3.63, 3.8) is 0 Å². The molecule has 1 aromatic carbocycles. The Kier molecular flexibility index (Phi) is 2.78. The van der Waals surface area contributed by atoms with E-state index in [-0.39, 0.29) is 5.78 Å². The van der Waals surface area contributed by atoms with Crippen LogP contribution >= 0.6 is 11.6 Å². The first-order valence-corrected chi connectivity index (χ1v) is 5.29. The Morgan fingerprint density at radius 3 is 3.07 bits per heavy atom. The molecule has 0 bridgehead atoms. The molecule has 1 aromatic rings. The maximum Gasteiger partial charge on any atom is 0.166 e. The smallest absolute Gasteiger partial charge is 0.166 e. The molecule has 0 N–H and O–H groups in total. The van der Waals surface area contributed by atoms with Crippen LogP contribution in [0.1, 0.15) is 16.8 Å². The Bertz CT molecular complexity index is 414. The summed E-state index contributed by atoms with van der Waals surface area (Å²) in [5.74, 6) is 0.196. The van der Waals surface area contributed by atoms with Crippen molar-refractivity contribution in [2.45, 2.75) is 6.42 Å². The van der Waals surface area contributed by atoms with Crippen LogP contribution in [0.2, 0.25) is 5.02 Å². The van der Waals surface area contributed by atoms with Crippen molar-refractivity contribution in [1.82, 2.24) is 0 Å². The lowest BCUT2D eigenvalue weighted by Gasteiger charge is -2.29. The third kappa shape index (κ3) is 1.90. The Morgan fingerprint density at radius 1 is 1.53 bits per heavy atom. The maximum absolute atomic E-state index is 11.7. The first-order chi connectivity index (χ1) is 7.22. The van der Waals surface area contributed by atoms with Crippen LogP contribution in [-0.4, -0.2) is 18.9 Å². The third-order valence-electron chi connectivity index (χ3n) is 2.56. The molecule has 0 aliphatic carbocycles. The van der Waals surface area contributed by atoms with Crippen LogP contribution in [0.15, 0.2) is 30.9 Å². The van der Waals surface area contributed by atoms with Crippen molar-refractivity contribution in [2.24, 2.45) is 0 Å². The Morgan fingerprint density at radius 2 is 2.33 bits per heavy atom. The molecule has 0 amide bonds. The number of nitrogens with zero attached hydrogens (tertiary/aromatic N) is 1. The second-order valence-corrected chi connectivity index (χ2v) is 4.01. The van der Waals surface area contributed by atoms with Gasteiger partial charge in [-0.15, -0.1) is 6.58 Å². The summed E-state index contributed by atoms with van der Waals surface area (Å²) >= 11 is 5.93. The quantitative estimate of drug-likeness (QED) is 0.716. The van der Waals surface area contributed by atoms with Gasteiger partial charge in [0.1, 0.15) is 0 Å². The highest BCUT2D eigenvalue weighted by Gasteiger charge is 2.22. The molecule has 0 aromatic heterocycles. The second kappa shape index (κ2) is 4.07. The number of ketones is 1. The molecule has 0 saturated carbocycles. The highest BCUT2D eigenvalue weighted by molar-refractivity contribution is 6.31. The summed E-state index contributed by atoms with van der Waals surface area (Å²) < 4.78 is 0. The fourth-order valence-electron chi connectivity index (χ4n) is 1.84. The highest BCUT2D eigenvalue weighted by Crippen LogP contribution is 2.29. The number of hydrogen-bond donors (Lipinski definition) is 0. The number of fused-ring (bicyclic) bond motifs is 1. The first-order valence-electron chi connectivity index (χ1n) is 4.91. The number of benzene rings is 1. The number of carbonyl (C=O) groups is 1. The molecule has 1 aliphatic rings. The van der Waals surface area contributed by atoms with Gasteiger partial charge in [-0.1, -0.05) is 17.7 Å². The molecule has 1 aliphatic heterocycles. The Balaban J connectivity index is 2.46. The summed E-state index contributed by atoms with van der Waals surface area (Å²) in [5, 5.41) is 0.664. The van der Waals surface area contributed by atoms with Crippen molar-refractivity contribution in [1.29, 1.82) is 0 Å². The topological polar surface area (TPSA) is 20.3 Å². The lowest BCUT2D eigenvalue weighted by molar-refractivity contribution is 0.0980. The summed E-state index contributed by atoms with van der Waals surface area (Å²) in [7, 11) is 0. The molecule has 78 valence electrons. The molecular weight excluding hydrogens is 210 g/mol. The summed E-state index contributed by atoms with van der Waals surface area (Å²) in [5.41, 5.74) is 1.70. The van der Waals surface area contributed by atoms with Crippen molar-refractivity contribution in [3.8, 4) is 0 Å². The predicted molar refractivity (Wildman–Crippen MR) is 62.8 cm³/mol. The fraction of sp³-hybridized carbons (Fsp3) is 0.250. The third-order valence-corrected chi connectivity index (χ3v) is 2.79. The lowest BCUT2D eigenvalue weighted by Crippen LogP contribution is -2.32. The minimum atomic E-state index is 0.196. The molecule has 0 saturated heterocycles. The van der Waals surface area contributed by atoms with Gasteiger partial charge in [0.15, 0.2) is 5.78 Å². The van der Waals surface area contributed by atoms with E-state index in [1.807, 2.05) is 12.1 Å². The van der Waals surface area contributed by atoms with E-state index < -0.39 is 0 Å². The number of rotatable bonds is 2. The van der Waals surface area contributed by atoms with E-state index in [4.69, 9.17) is 11.6 Å². The molecule has 2 nitrogen and oxygen atoms in total. The SMILES string of the molecule is C=CCN1CCC(=O)c2ccc(Cl)cc21. The Hall–Kier alpha value is -1.28. The molecule has 0 spiro atoms. The lowest BCUT2D eigenvalue weighted by atomic mass is 10.0. The van der Waals surface area contributed by atoms with E-state index >= 15 is 0 Å². The van der Waals surface area contributed by atoms with E-state index in [0.717, 1.165) is 24.3 Å². The van der Waals surface area contributed by atoms with Gasteiger partial charge in [0.25, 0.3) is 0 Å². The van der Waals surface area contributed by atoms with Gasteiger partial charge in [-0.25, -0.2) is 0 Å². The summed E-state index contributed by atoms with van der Waals surface area (Å²) in [6.07, 6.45) is 2.41. The number of halogens is 1. The minimum absolute atomic E-state index is 0.196. The van der Waals surface area contributed by atoms with Crippen LogP contribution in [0.25, 0.3) is 0 Å². The molecule has 3 heteroatoms. The molecule has 2 rings (SSSR count). The molecule has 0 atom stereocenters. The van der Waals surface area contributed by atoms with E-state index in [2.05, 4.69) is 11.5 Å². The maximum atomic E-state index is 11.7. The number of carbonyl (C=O) groups excluding carboxylic acids is 1. The van der Waals surface area contributed by atoms with Crippen LogP contribution in [0.4, 0.5) is 5.69 Å². The number of Topliss-reactive ketones (excluding diaryl/α,β-unsaturated/α-hetero) is 1. The van der Waals surface area contributed by atoms with Crippen molar-refractivity contribution in [3.05, 3.63) is 41.4 Å². The normalized spacial score (nSPS) is 15.0. The van der Waals surface area contributed by atoms with Crippen LogP contribution in [0, 0.1) is 0 Å². The number of hydrogen-bond acceptors (Lipinski definition) is 2. The van der Waals surface area contributed by atoms with Gasteiger partial charge in [0.2, 0.25) is 0 Å². The van der Waals surface area contributed by atoms with Crippen molar-refractivity contribution in [2.75, 3.05) is 18.0 Å². The zero-order valence-electron chi connectivity index (χ0n) is 8.37. The van der Waals surface area contributed by atoms with Gasteiger partial charge >= 0.3 is 0 Å². The number of anilines is 1. The van der Waals surface area contributed by atoms with Gasteiger partial charge in [0, 0.05) is 35.8 Å². The molecule has 1 heterocycles. The van der Waals surface area contributed by atoms with E-state index in [9.17, 15) is 4.79 Å². The van der Waals surface area contributed by atoms with Crippen LogP contribution in [-0.2, 0) is 0 Å². The molecule has 15 heavy (non-hydrogen) atoms. The van der Waals surface area contributed by atoms with Crippen LogP contribution in [0.3, 0.4) is 0 Å². The van der Waals surface area contributed by atoms with Gasteiger partial charge in [-0.05, 0) is 18.2 Å². The summed E-state index contributed by atoms with van der Waals surface area (Å²) in [4.78, 5) is 13.8. The van der Waals surface area contributed by atoms with E-state index in [1.54, 1.807) is 12.1 Å². The molecule has 0 radical (unpaired) electrons.